The van der Waals surface area contributed by atoms with Crippen LogP contribution in [0.15, 0.2) is 36.8 Å². The number of nitrogens with one attached hydrogen (secondary N) is 1. The highest BCUT2D eigenvalue weighted by Gasteiger charge is 2.05. The minimum absolute atomic E-state index is 0.0225. The number of aromatic nitrogens is 4. The van der Waals surface area contributed by atoms with Crippen molar-refractivity contribution in [3.8, 4) is 0 Å². The van der Waals surface area contributed by atoms with Crippen LogP contribution < -0.4 is 5.32 Å². The van der Waals surface area contributed by atoms with Gasteiger partial charge in [-0.05, 0) is 47.6 Å². The van der Waals surface area contributed by atoms with Crippen LogP contribution in [-0.2, 0) is 17.9 Å². The third-order valence-electron chi connectivity index (χ3n) is 3.58. The Bertz CT molecular complexity index is 823. The summed E-state index contributed by atoms with van der Waals surface area (Å²) in [6.45, 7) is 3.75. The van der Waals surface area contributed by atoms with Gasteiger partial charge in [0.25, 0.3) is 0 Å². The van der Waals surface area contributed by atoms with Crippen LogP contribution in [0.3, 0.4) is 0 Å². The standard InChI is InChI=1S/C16H18IN5O/c1-12-3-4-13-8-20-22(15(13)7-12)6-2-5-18-16(23)11-21-10-14(17)9-19-21/h3-4,7-10H,2,5-6,11H2,1H3,(H,18,23). The molecule has 2 heterocycles. The highest BCUT2D eigenvalue weighted by atomic mass is 127. The lowest BCUT2D eigenvalue weighted by Crippen LogP contribution is -2.29. The lowest BCUT2D eigenvalue weighted by atomic mass is 10.2. The Kier molecular flexibility index (Phi) is 4.94. The maximum Gasteiger partial charge on any atom is 0.241 e. The fourth-order valence-electron chi connectivity index (χ4n) is 2.44. The van der Waals surface area contributed by atoms with E-state index in [9.17, 15) is 4.79 Å². The lowest BCUT2D eigenvalue weighted by Gasteiger charge is -2.07. The molecule has 0 atom stereocenters. The molecule has 0 saturated carbocycles. The number of hydrogen-bond acceptors (Lipinski definition) is 3. The van der Waals surface area contributed by atoms with Crippen molar-refractivity contribution >= 4 is 39.4 Å². The highest BCUT2D eigenvalue weighted by molar-refractivity contribution is 14.1. The van der Waals surface area contributed by atoms with Crippen LogP contribution in [0.5, 0.6) is 0 Å². The van der Waals surface area contributed by atoms with Gasteiger partial charge in [-0.25, -0.2) is 0 Å². The Morgan fingerprint density at radius 3 is 2.96 bits per heavy atom. The molecule has 0 aliphatic rings. The van der Waals surface area contributed by atoms with Gasteiger partial charge in [0.1, 0.15) is 6.54 Å². The van der Waals surface area contributed by atoms with Crippen LogP contribution in [0.25, 0.3) is 10.9 Å². The first-order valence-corrected chi connectivity index (χ1v) is 8.56. The topological polar surface area (TPSA) is 64.7 Å². The molecule has 3 aromatic rings. The average molecular weight is 423 g/mol. The molecule has 0 bridgehead atoms. The summed E-state index contributed by atoms with van der Waals surface area (Å²) in [6.07, 6.45) is 6.30. The summed E-state index contributed by atoms with van der Waals surface area (Å²) < 4.78 is 4.65. The Labute approximate surface area is 148 Å². The van der Waals surface area contributed by atoms with E-state index in [4.69, 9.17) is 0 Å². The summed E-state index contributed by atoms with van der Waals surface area (Å²) in [7, 11) is 0. The smallest absolute Gasteiger partial charge is 0.241 e. The maximum atomic E-state index is 11.8. The van der Waals surface area contributed by atoms with Gasteiger partial charge in [0.2, 0.25) is 5.91 Å². The molecule has 7 heteroatoms. The summed E-state index contributed by atoms with van der Waals surface area (Å²) >= 11 is 2.17. The van der Waals surface area contributed by atoms with E-state index >= 15 is 0 Å². The number of benzene rings is 1. The second-order valence-electron chi connectivity index (χ2n) is 5.49. The molecule has 0 aliphatic heterocycles. The number of nitrogens with zero attached hydrogens (tertiary/aromatic N) is 4. The molecule has 120 valence electrons. The van der Waals surface area contributed by atoms with Gasteiger partial charge in [0.15, 0.2) is 0 Å². The number of fused-ring (bicyclic) bond motifs is 1. The van der Waals surface area contributed by atoms with Crippen molar-refractivity contribution in [3.05, 3.63) is 45.9 Å². The molecular formula is C16H18IN5O. The predicted octanol–water partition coefficient (Wildman–Crippen LogP) is 2.35. The number of carbonyl (C=O) groups excluding carboxylic acids is 1. The Hall–Kier alpha value is -1.90. The van der Waals surface area contributed by atoms with Crippen LogP contribution in [0.4, 0.5) is 0 Å². The second-order valence-corrected chi connectivity index (χ2v) is 6.74. The Morgan fingerprint density at radius 2 is 2.17 bits per heavy atom. The number of hydrogen-bond donors (Lipinski definition) is 1. The van der Waals surface area contributed by atoms with Crippen molar-refractivity contribution in [2.45, 2.75) is 26.4 Å². The predicted molar refractivity (Wildman–Crippen MR) is 97.0 cm³/mol. The fraction of sp³-hybridized carbons (Fsp3) is 0.312. The van der Waals surface area contributed by atoms with E-state index in [1.807, 2.05) is 17.1 Å². The van der Waals surface area contributed by atoms with Crippen molar-refractivity contribution in [3.63, 3.8) is 0 Å². The van der Waals surface area contributed by atoms with E-state index in [0.29, 0.717) is 6.54 Å². The average Bonchev–Trinajstić information content (AvgIpc) is 3.10. The van der Waals surface area contributed by atoms with Gasteiger partial charge in [-0.2, -0.15) is 10.2 Å². The van der Waals surface area contributed by atoms with Crippen LogP contribution in [0, 0.1) is 10.5 Å². The molecule has 0 aliphatic carbocycles. The van der Waals surface area contributed by atoms with Gasteiger partial charge in [-0.1, -0.05) is 12.1 Å². The zero-order chi connectivity index (χ0) is 16.2. The number of amides is 1. The van der Waals surface area contributed by atoms with Crippen molar-refractivity contribution in [1.29, 1.82) is 0 Å². The van der Waals surface area contributed by atoms with Crippen LogP contribution in [0.1, 0.15) is 12.0 Å². The minimum Gasteiger partial charge on any atom is -0.354 e. The van der Waals surface area contributed by atoms with E-state index < -0.39 is 0 Å². The largest absolute Gasteiger partial charge is 0.354 e. The van der Waals surface area contributed by atoms with Gasteiger partial charge in [-0.15, -0.1) is 0 Å². The van der Waals surface area contributed by atoms with Gasteiger partial charge in [-0.3, -0.25) is 14.2 Å². The molecule has 0 saturated heterocycles. The molecule has 0 radical (unpaired) electrons. The first-order chi connectivity index (χ1) is 11.1. The third kappa shape index (κ3) is 4.10. The summed E-state index contributed by atoms with van der Waals surface area (Å²) in [4.78, 5) is 11.8. The van der Waals surface area contributed by atoms with Crippen molar-refractivity contribution < 1.29 is 4.79 Å². The lowest BCUT2D eigenvalue weighted by molar-refractivity contribution is -0.121. The monoisotopic (exact) mass is 423 g/mol. The molecule has 1 amide bonds. The van der Waals surface area contributed by atoms with Crippen LogP contribution in [-0.4, -0.2) is 32.0 Å². The SMILES string of the molecule is Cc1ccc2cnn(CCCNC(=O)Cn3cc(I)cn3)c2c1. The van der Waals surface area contributed by atoms with E-state index in [0.717, 1.165) is 27.4 Å². The molecule has 2 aromatic heterocycles. The fourth-order valence-corrected chi connectivity index (χ4v) is 2.89. The zero-order valence-electron chi connectivity index (χ0n) is 12.9. The van der Waals surface area contributed by atoms with Gasteiger partial charge in [0.05, 0.1) is 21.5 Å². The van der Waals surface area contributed by atoms with E-state index in [1.54, 1.807) is 10.9 Å². The first-order valence-electron chi connectivity index (χ1n) is 7.48. The normalized spacial score (nSPS) is 11.0. The molecule has 0 unspecified atom stereocenters. The third-order valence-corrected chi connectivity index (χ3v) is 4.13. The van der Waals surface area contributed by atoms with Gasteiger partial charge >= 0.3 is 0 Å². The molecule has 3 rings (SSSR count). The van der Waals surface area contributed by atoms with Gasteiger partial charge < -0.3 is 5.32 Å². The Balaban J connectivity index is 1.47. The molecule has 0 spiro atoms. The molecule has 0 fully saturated rings. The molecule has 1 N–H and O–H groups in total. The minimum atomic E-state index is -0.0225. The van der Waals surface area contributed by atoms with E-state index in [1.165, 1.54) is 5.56 Å². The Morgan fingerprint density at radius 1 is 1.30 bits per heavy atom. The quantitative estimate of drug-likeness (QED) is 0.489. The van der Waals surface area contributed by atoms with Crippen LogP contribution in [0.2, 0.25) is 0 Å². The number of aryl methyl sites for hydroxylation is 2. The summed E-state index contributed by atoms with van der Waals surface area (Å²) in [5, 5.41) is 12.6. The molecule has 1 aromatic carbocycles. The summed E-state index contributed by atoms with van der Waals surface area (Å²) in [5.74, 6) is -0.0225. The molecule has 23 heavy (non-hydrogen) atoms. The second kappa shape index (κ2) is 7.12. The van der Waals surface area contributed by atoms with E-state index in [2.05, 4.69) is 63.2 Å². The molecule has 6 nitrogen and oxygen atoms in total. The van der Waals surface area contributed by atoms with Crippen molar-refractivity contribution in [2.24, 2.45) is 0 Å². The van der Waals surface area contributed by atoms with Crippen LogP contribution >= 0.6 is 22.6 Å². The maximum absolute atomic E-state index is 11.8. The number of carbonyl (C=O) groups is 1. The summed E-state index contributed by atoms with van der Waals surface area (Å²) in [5.41, 5.74) is 2.36. The van der Waals surface area contributed by atoms with E-state index in [-0.39, 0.29) is 12.5 Å². The van der Waals surface area contributed by atoms with Crippen molar-refractivity contribution in [1.82, 2.24) is 24.9 Å². The highest BCUT2D eigenvalue weighted by Crippen LogP contribution is 2.15. The summed E-state index contributed by atoms with van der Waals surface area (Å²) in [6, 6.07) is 6.31. The number of halogens is 1. The number of rotatable bonds is 6. The first kappa shape index (κ1) is 16.0. The zero-order valence-corrected chi connectivity index (χ0v) is 15.0. The van der Waals surface area contributed by atoms with Crippen molar-refractivity contribution in [2.75, 3.05) is 6.54 Å². The molecular weight excluding hydrogens is 405 g/mol. The van der Waals surface area contributed by atoms with Gasteiger partial charge in [0, 0.05) is 24.7 Å².